The molecule has 2 aromatic carbocycles. The van der Waals surface area contributed by atoms with E-state index in [0.717, 1.165) is 15.4 Å². The summed E-state index contributed by atoms with van der Waals surface area (Å²) in [5, 5.41) is 8.93. The van der Waals surface area contributed by atoms with E-state index >= 15 is 0 Å². The molecule has 0 aliphatic rings. The maximum absolute atomic E-state index is 13.2. The Balaban J connectivity index is 2.44. The third-order valence-electron chi connectivity index (χ3n) is 4.72. The molecule has 152 valence electrons. The molecule has 29 heavy (non-hydrogen) atoms. The van der Waals surface area contributed by atoms with Crippen LogP contribution < -0.4 is 0 Å². The Morgan fingerprint density at radius 1 is 1.17 bits per heavy atom. The summed E-state index contributed by atoms with van der Waals surface area (Å²) >= 11 is 0. The second kappa shape index (κ2) is 9.03. The molecule has 0 atom stereocenters. The van der Waals surface area contributed by atoms with Gasteiger partial charge in [0, 0.05) is 32.7 Å². The van der Waals surface area contributed by atoms with E-state index in [-0.39, 0.29) is 10.8 Å². The van der Waals surface area contributed by atoms with Gasteiger partial charge in [-0.05, 0) is 54.8 Å². The Kier molecular flexibility index (Phi) is 6.96. The zero-order valence-electron chi connectivity index (χ0n) is 17.1. The zero-order chi connectivity index (χ0) is 21.8. The molecular weight excluding hydrogens is 386 g/mol. The first-order valence-electron chi connectivity index (χ1n) is 9.04. The molecular formula is C22H25N3O3S. The summed E-state index contributed by atoms with van der Waals surface area (Å²) in [7, 11) is -0.747. The molecule has 0 spiro atoms. The average Bonchev–Trinajstić information content (AvgIpc) is 2.69. The van der Waals surface area contributed by atoms with E-state index in [4.69, 9.17) is 5.26 Å². The average molecular weight is 412 g/mol. The number of carbonyl (C=O) groups excluding carboxylic acids is 1. The normalized spacial score (nSPS) is 11.2. The first kappa shape index (κ1) is 22.3. The van der Waals surface area contributed by atoms with Gasteiger partial charge in [0.1, 0.15) is 0 Å². The molecule has 0 aliphatic heterocycles. The molecule has 0 fully saturated rings. The Morgan fingerprint density at radius 2 is 1.79 bits per heavy atom. The molecule has 0 bridgehead atoms. The van der Waals surface area contributed by atoms with Gasteiger partial charge >= 0.3 is 0 Å². The van der Waals surface area contributed by atoms with Crippen molar-refractivity contribution in [1.29, 1.82) is 5.26 Å². The molecule has 0 heterocycles. The third kappa shape index (κ3) is 4.91. The van der Waals surface area contributed by atoms with Gasteiger partial charge in [-0.2, -0.15) is 5.26 Å². The van der Waals surface area contributed by atoms with Gasteiger partial charge in [0.25, 0.3) is 5.91 Å². The van der Waals surface area contributed by atoms with Gasteiger partial charge in [-0.1, -0.05) is 18.2 Å². The molecule has 6 nitrogen and oxygen atoms in total. The van der Waals surface area contributed by atoms with Crippen molar-refractivity contribution in [2.45, 2.75) is 25.3 Å². The van der Waals surface area contributed by atoms with Crippen molar-refractivity contribution in [3.63, 3.8) is 0 Å². The summed E-state index contributed by atoms with van der Waals surface area (Å²) in [5.41, 5.74) is 3.07. The van der Waals surface area contributed by atoms with Crippen LogP contribution in [-0.2, 0) is 16.6 Å². The van der Waals surface area contributed by atoms with Crippen molar-refractivity contribution in [3.8, 4) is 6.07 Å². The number of amides is 1. The van der Waals surface area contributed by atoms with Gasteiger partial charge in [0.15, 0.2) is 0 Å². The fourth-order valence-electron chi connectivity index (χ4n) is 2.88. The second-order valence-electron chi connectivity index (χ2n) is 6.99. The molecule has 0 unspecified atom stereocenters. The minimum Gasteiger partial charge on any atom is -0.331 e. The monoisotopic (exact) mass is 411 g/mol. The van der Waals surface area contributed by atoms with E-state index in [1.54, 1.807) is 55.2 Å². The lowest BCUT2D eigenvalue weighted by Crippen LogP contribution is -2.31. The number of hydrogen-bond acceptors (Lipinski definition) is 4. The molecule has 0 saturated carbocycles. The predicted molar refractivity (Wildman–Crippen MR) is 113 cm³/mol. The minimum absolute atomic E-state index is 0.128. The Morgan fingerprint density at radius 3 is 2.31 bits per heavy atom. The molecule has 0 radical (unpaired) electrons. The molecule has 0 saturated heterocycles. The molecule has 0 aliphatic carbocycles. The summed E-state index contributed by atoms with van der Waals surface area (Å²) in [4.78, 5) is 14.9. The van der Waals surface area contributed by atoms with Gasteiger partial charge in [-0.25, -0.2) is 12.7 Å². The van der Waals surface area contributed by atoms with Crippen molar-refractivity contribution in [2.24, 2.45) is 0 Å². The van der Waals surface area contributed by atoms with Gasteiger partial charge in [-0.3, -0.25) is 4.79 Å². The van der Waals surface area contributed by atoms with Crippen LogP contribution in [0.1, 0.15) is 32.6 Å². The quantitative estimate of drug-likeness (QED) is 0.655. The van der Waals surface area contributed by atoms with Crippen LogP contribution in [0.15, 0.2) is 53.9 Å². The van der Waals surface area contributed by atoms with Gasteiger partial charge < -0.3 is 4.90 Å². The van der Waals surface area contributed by atoms with Crippen molar-refractivity contribution < 1.29 is 13.2 Å². The summed E-state index contributed by atoms with van der Waals surface area (Å²) in [5.74, 6) is -0.285. The fourth-order valence-corrected chi connectivity index (χ4v) is 4.10. The molecule has 0 N–H and O–H groups in total. The Bertz CT molecular complexity index is 1070. The number of carbonyl (C=O) groups is 1. The lowest BCUT2D eigenvalue weighted by Gasteiger charge is -2.23. The largest absolute Gasteiger partial charge is 0.331 e. The van der Waals surface area contributed by atoms with Crippen molar-refractivity contribution in [1.82, 2.24) is 9.21 Å². The van der Waals surface area contributed by atoms with Crippen LogP contribution in [0.2, 0.25) is 0 Å². The number of nitriles is 1. The van der Waals surface area contributed by atoms with Crippen LogP contribution in [0.5, 0.6) is 0 Å². The lowest BCUT2D eigenvalue weighted by molar-refractivity contribution is 0.0762. The fraction of sp³-hybridized carbons (Fsp3) is 0.273. The number of aryl methyl sites for hydroxylation is 1. The van der Waals surface area contributed by atoms with Gasteiger partial charge in [0.2, 0.25) is 10.0 Å². The van der Waals surface area contributed by atoms with E-state index in [9.17, 15) is 13.2 Å². The molecule has 2 aromatic rings. The molecule has 2 rings (SSSR count). The summed E-state index contributed by atoms with van der Waals surface area (Å²) in [6.45, 7) is 7.87. The summed E-state index contributed by atoms with van der Waals surface area (Å²) in [6, 6.07) is 12.2. The second-order valence-corrected chi connectivity index (χ2v) is 9.11. The highest BCUT2D eigenvalue weighted by molar-refractivity contribution is 7.89. The van der Waals surface area contributed by atoms with E-state index in [1.165, 1.54) is 20.2 Å². The Hall–Kier alpha value is -2.95. The standard InChI is InChI=1S/C22H25N3O3S/c1-6-11-25(15-19-9-7-18(14-23)8-10-19)22(26)20-12-16(2)17(3)21(13-20)29(27,28)24(4)5/h6-10,12-13H,1,11,15H2,2-5H3. The lowest BCUT2D eigenvalue weighted by atomic mass is 10.0. The van der Waals surface area contributed by atoms with Crippen molar-refractivity contribution in [3.05, 3.63) is 76.9 Å². The Labute approximate surface area is 172 Å². The van der Waals surface area contributed by atoms with E-state index in [2.05, 4.69) is 12.6 Å². The predicted octanol–water partition coefficient (Wildman–Crippen LogP) is 3.25. The maximum Gasteiger partial charge on any atom is 0.254 e. The topological polar surface area (TPSA) is 81.5 Å². The smallest absolute Gasteiger partial charge is 0.254 e. The van der Waals surface area contributed by atoms with Crippen LogP contribution in [0.3, 0.4) is 0 Å². The zero-order valence-corrected chi connectivity index (χ0v) is 18.0. The SMILES string of the molecule is C=CCN(Cc1ccc(C#N)cc1)C(=O)c1cc(C)c(C)c(S(=O)(=O)N(C)C)c1. The highest BCUT2D eigenvalue weighted by atomic mass is 32.2. The first-order chi connectivity index (χ1) is 13.6. The number of rotatable bonds is 7. The molecule has 0 aromatic heterocycles. The summed E-state index contributed by atoms with van der Waals surface area (Å²) < 4.78 is 26.5. The van der Waals surface area contributed by atoms with Crippen LogP contribution in [0.25, 0.3) is 0 Å². The minimum atomic E-state index is -3.68. The van der Waals surface area contributed by atoms with Crippen LogP contribution in [0, 0.1) is 25.2 Å². The van der Waals surface area contributed by atoms with E-state index in [1.807, 2.05) is 0 Å². The van der Waals surface area contributed by atoms with Gasteiger partial charge in [-0.15, -0.1) is 6.58 Å². The number of nitrogens with zero attached hydrogens (tertiary/aromatic N) is 3. The maximum atomic E-state index is 13.2. The first-order valence-corrected chi connectivity index (χ1v) is 10.5. The highest BCUT2D eigenvalue weighted by Gasteiger charge is 2.24. The summed E-state index contributed by atoms with van der Waals surface area (Å²) in [6.07, 6.45) is 1.63. The van der Waals surface area contributed by atoms with E-state index < -0.39 is 10.0 Å². The number of sulfonamides is 1. The number of benzene rings is 2. The number of hydrogen-bond donors (Lipinski definition) is 0. The van der Waals surface area contributed by atoms with Crippen molar-refractivity contribution in [2.75, 3.05) is 20.6 Å². The van der Waals surface area contributed by atoms with Crippen LogP contribution >= 0.6 is 0 Å². The van der Waals surface area contributed by atoms with E-state index in [0.29, 0.717) is 29.8 Å². The van der Waals surface area contributed by atoms with Crippen LogP contribution in [0.4, 0.5) is 0 Å². The van der Waals surface area contributed by atoms with Gasteiger partial charge in [0.05, 0.1) is 16.5 Å². The third-order valence-corrected chi connectivity index (χ3v) is 6.66. The van der Waals surface area contributed by atoms with Crippen molar-refractivity contribution >= 4 is 15.9 Å². The van der Waals surface area contributed by atoms with Crippen LogP contribution in [-0.4, -0.2) is 44.2 Å². The molecule has 1 amide bonds. The highest BCUT2D eigenvalue weighted by Crippen LogP contribution is 2.24. The molecule has 7 heteroatoms.